The number of anilines is 1. The molecule has 0 heterocycles. The van der Waals surface area contributed by atoms with Gasteiger partial charge in [0.05, 0.1) is 12.8 Å². The third kappa shape index (κ3) is 2.87. The van der Waals surface area contributed by atoms with E-state index in [0.29, 0.717) is 17.6 Å². The van der Waals surface area contributed by atoms with E-state index in [2.05, 4.69) is 17.4 Å². The minimum atomic E-state index is -0.167. The Balaban J connectivity index is 1.63. The van der Waals surface area contributed by atoms with Gasteiger partial charge >= 0.3 is 0 Å². The first-order valence-electron chi connectivity index (χ1n) is 7.33. The largest absolute Gasteiger partial charge is 0.497 e. The quantitative estimate of drug-likeness (QED) is 0.893. The second kappa shape index (κ2) is 5.76. The molecule has 1 aliphatic carbocycles. The second-order valence-corrected chi connectivity index (χ2v) is 5.72. The molecule has 0 bridgehead atoms. The van der Waals surface area contributed by atoms with Crippen LogP contribution in [-0.4, -0.2) is 13.2 Å². The molecule has 0 unspecified atom stereocenters. The van der Waals surface area contributed by atoms with Crippen molar-refractivity contribution in [1.82, 2.24) is 0 Å². The molecule has 110 valence electrons. The summed E-state index contributed by atoms with van der Waals surface area (Å²) < 4.78 is 19.1. The van der Waals surface area contributed by atoms with Gasteiger partial charge in [-0.1, -0.05) is 24.3 Å². The maximum Gasteiger partial charge on any atom is 0.146 e. The Bertz CT molecular complexity index is 615. The highest BCUT2D eigenvalue weighted by molar-refractivity contribution is 5.53. The topological polar surface area (TPSA) is 21.3 Å². The van der Waals surface area contributed by atoms with Crippen molar-refractivity contribution < 1.29 is 9.13 Å². The lowest BCUT2D eigenvalue weighted by molar-refractivity contribution is 0.369. The highest BCUT2D eigenvalue weighted by Crippen LogP contribution is 2.40. The third-order valence-electron chi connectivity index (χ3n) is 4.27. The van der Waals surface area contributed by atoms with Crippen molar-refractivity contribution in [3.8, 4) is 5.75 Å². The molecular weight excluding hydrogens is 265 g/mol. The van der Waals surface area contributed by atoms with Crippen LogP contribution >= 0.6 is 0 Å². The molecule has 0 amide bonds. The van der Waals surface area contributed by atoms with Gasteiger partial charge < -0.3 is 10.1 Å². The van der Waals surface area contributed by atoms with Crippen molar-refractivity contribution in [2.75, 3.05) is 12.4 Å². The zero-order valence-corrected chi connectivity index (χ0v) is 12.4. The number of methoxy groups -OCH3 is 1. The van der Waals surface area contributed by atoms with Crippen LogP contribution in [0, 0.1) is 12.7 Å². The molecule has 2 aromatic carbocycles. The minimum absolute atomic E-state index is 0.167. The van der Waals surface area contributed by atoms with Crippen LogP contribution in [0.25, 0.3) is 0 Å². The van der Waals surface area contributed by atoms with Crippen LogP contribution in [0.5, 0.6) is 5.75 Å². The summed E-state index contributed by atoms with van der Waals surface area (Å²) in [6, 6.07) is 13.7. The lowest BCUT2D eigenvalue weighted by Gasteiger charge is -2.37. The predicted octanol–water partition coefficient (Wildman–Crippen LogP) is 4.50. The maximum absolute atomic E-state index is 13.8. The Labute approximate surface area is 125 Å². The molecule has 0 saturated heterocycles. The van der Waals surface area contributed by atoms with E-state index >= 15 is 0 Å². The fourth-order valence-electron chi connectivity index (χ4n) is 2.92. The first kappa shape index (κ1) is 13.9. The number of nitrogens with one attached hydrogen (secondary N) is 1. The summed E-state index contributed by atoms with van der Waals surface area (Å²) in [5.74, 6) is 1.26. The number of hydrogen-bond acceptors (Lipinski definition) is 2. The van der Waals surface area contributed by atoms with E-state index in [0.717, 1.165) is 24.2 Å². The summed E-state index contributed by atoms with van der Waals surface area (Å²) in [6.07, 6.45) is 2.06. The number of hydrogen-bond donors (Lipinski definition) is 1. The molecule has 3 rings (SSSR count). The molecule has 1 aliphatic rings. The Kier molecular flexibility index (Phi) is 3.82. The average molecular weight is 285 g/mol. The molecule has 0 radical (unpaired) electrons. The fraction of sp³-hybridized carbons (Fsp3) is 0.333. The predicted molar refractivity (Wildman–Crippen MR) is 83.5 cm³/mol. The molecule has 2 nitrogen and oxygen atoms in total. The molecule has 2 aromatic rings. The van der Waals surface area contributed by atoms with Crippen LogP contribution in [0.4, 0.5) is 10.1 Å². The number of aryl methyl sites for hydroxylation is 1. The molecule has 1 fully saturated rings. The van der Waals surface area contributed by atoms with Crippen molar-refractivity contribution in [2.45, 2.75) is 31.7 Å². The number of benzene rings is 2. The van der Waals surface area contributed by atoms with Crippen LogP contribution in [0.3, 0.4) is 0 Å². The van der Waals surface area contributed by atoms with E-state index in [1.807, 2.05) is 25.1 Å². The normalized spacial score (nSPS) is 20.7. The molecule has 0 spiro atoms. The Morgan fingerprint density at radius 1 is 1.14 bits per heavy atom. The summed E-state index contributed by atoms with van der Waals surface area (Å²) in [5, 5.41) is 3.34. The standard InChI is InChI=1S/C18H20FNO/c1-12-5-3-8-17(19)18(12)20-15-9-14(10-15)13-6-4-7-16(11-13)21-2/h3-8,11,14-15,20H,9-10H2,1-2H3. The van der Waals surface area contributed by atoms with Gasteiger partial charge in [0.2, 0.25) is 0 Å². The number of rotatable bonds is 4. The van der Waals surface area contributed by atoms with Crippen LogP contribution in [0.2, 0.25) is 0 Å². The highest BCUT2D eigenvalue weighted by atomic mass is 19.1. The molecule has 3 heteroatoms. The van der Waals surface area contributed by atoms with Crippen LogP contribution < -0.4 is 10.1 Å². The lowest BCUT2D eigenvalue weighted by atomic mass is 9.75. The summed E-state index contributed by atoms with van der Waals surface area (Å²) in [5.41, 5.74) is 2.91. The Morgan fingerprint density at radius 3 is 2.62 bits per heavy atom. The zero-order valence-electron chi connectivity index (χ0n) is 12.4. The van der Waals surface area contributed by atoms with Gasteiger partial charge in [-0.2, -0.15) is 0 Å². The molecule has 0 aliphatic heterocycles. The van der Waals surface area contributed by atoms with Crippen molar-refractivity contribution in [2.24, 2.45) is 0 Å². The minimum Gasteiger partial charge on any atom is -0.497 e. The molecule has 1 N–H and O–H groups in total. The van der Waals surface area contributed by atoms with Gasteiger partial charge in [-0.3, -0.25) is 0 Å². The Hall–Kier alpha value is -2.03. The van der Waals surface area contributed by atoms with Crippen molar-refractivity contribution in [3.63, 3.8) is 0 Å². The zero-order chi connectivity index (χ0) is 14.8. The molecule has 21 heavy (non-hydrogen) atoms. The van der Waals surface area contributed by atoms with Gasteiger partial charge in [0.25, 0.3) is 0 Å². The molecule has 0 aromatic heterocycles. The average Bonchev–Trinajstić information content (AvgIpc) is 2.45. The summed E-state index contributed by atoms with van der Waals surface area (Å²) in [7, 11) is 1.69. The lowest BCUT2D eigenvalue weighted by Crippen LogP contribution is -2.34. The number of para-hydroxylation sites is 1. The SMILES string of the molecule is COc1cccc(C2CC(Nc3c(C)cccc3F)C2)c1. The number of halogens is 1. The van der Waals surface area contributed by atoms with E-state index in [-0.39, 0.29) is 5.82 Å². The molecule has 0 atom stereocenters. The summed E-state index contributed by atoms with van der Waals surface area (Å²) >= 11 is 0. The van der Waals surface area contributed by atoms with E-state index < -0.39 is 0 Å². The van der Waals surface area contributed by atoms with Gasteiger partial charge in [-0.25, -0.2) is 4.39 Å². The van der Waals surface area contributed by atoms with E-state index in [9.17, 15) is 4.39 Å². The van der Waals surface area contributed by atoms with Gasteiger partial charge in [0.15, 0.2) is 0 Å². The second-order valence-electron chi connectivity index (χ2n) is 5.72. The summed E-state index contributed by atoms with van der Waals surface area (Å²) in [6.45, 7) is 1.93. The summed E-state index contributed by atoms with van der Waals surface area (Å²) in [4.78, 5) is 0. The Morgan fingerprint density at radius 2 is 1.90 bits per heavy atom. The van der Waals surface area contributed by atoms with Crippen molar-refractivity contribution in [3.05, 3.63) is 59.4 Å². The van der Waals surface area contributed by atoms with Gasteiger partial charge in [0.1, 0.15) is 11.6 Å². The maximum atomic E-state index is 13.8. The van der Waals surface area contributed by atoms with Crippen LogP contribution in [0.15, 0.2) is 42.5 Å². The third-order valence-corrected chi connectivity index (χ3v) is 4.27. The molecule has 1 saturated carbocycles. The monoisotopic (exact) mass is 285 g/mol. The van der Waals surface area contributed by atoms with Crippen molar-refractivity contribution >= 4 is 5.69 Å². The number of ether oxygens (including phenoxy) is 1. The van der Waals surface area contributed by atoms with Crippen molar-refractivity contribution in [1.29, 1.82) is 0 Å². The molecular formula is C18H20FNO. The van der Waals surface area contributed by atoms with Gasteiger partial charge in [-0.05, 0) is 55.0 Å². The van der Waals surface area contributed by atoms with Gasteiger partial charge in [-0.15, -0.1) is 0 Å². The first-order valence-corrected chi connectivity index (χ1v) is 7.33. The van der Waals surface area contributed by atoms with Crippen LogP contribution in [-0.2, 0) is 0 Å². The van der Waals surface area contributed by atoms with Crippen LogP contribution in [0.1, 0.15) is 29.9 Å². The van der Waals surface area contributed by atoms with E-state index in [4.69, 9.17) is 4.74 Å². The smallest absolute Gasteiger partial charge is 0.146 e. The van der Waals surface area contributed by atoms with E-state index in [1.165, 1.54) is 11.6 Å². The van der Waals surface area contributed by atoms with Gasteiger partial charge in [0, 0.05) is 6.04 Å². The highest BCUT2D eigenvalue weighted by Gasteiger charge is 2.31. The van der Waals surface area contributed by atoms with E-state index in [1.54, 1.807) is 13.2 Å². The fourth-order valence-corrected chi connectivity index (χ4v) is 2.92. The first-order chi connectivity index (χ1) is 10.2.